The first-order chi connectivity index (χ1) is 13.2. The summed E-state index contributed by atoms with van der Waals surface area (Å²) in [5.74, 6) is 2.63. The fraction of sp³-hybridized carbons (Fsp3) is 0.318. The summed E-state index contributed by atoms with van der Waals surface area (Å²) < 4.78 is 13.0. The first-order valence-corrected chi connectivity index (χ1v) is 9.36. The van der Waals surface area contributed by atoms with Crippen LogP contribution in [-0.4, -0.2) is 30.5 Å². The summed E-state index contributed by atoms with van der Waals surface area (Å²) in [5.41, 5.74) is 5.54. The van der Waals surface area contributed by atoms with E-state index in [2.05, 4.69) is 36.5 Å². The van der Waals surface area contributed by atoms with Gasteiger partial charge in [-0.25, -0.2) is 4.68 Å². The van der Waals surface area contributed by atoms with Gasteiger partial charge in [0, 0.05) is 23.7 Å². The van der Waals surface area contributed by atoms with E-state index in [1.807, 2.05) is 22.9 Å². The standard InChI is InChI=1S/C22H25N3O2/c1-15-7-6-8-17(11-15)25-22-20(9-4-5-10-23-22)21(24-25)16-12-18(26-2)14-19(13-16)27-3/h6-8,11-14,23H,4-5,9-10H2,1-3H3. The third-order valence-electron chi connectivity index (χ3n) is 5.00. The average molecular weight is 363 g/mol. The minimum Gasteiger partial charge on any atom is -0.497 e. The molecule has 1 aromatic heterocycles. The molecule has 0 saturated heterocycles. The Labute approximate surface area is 159 Å². The van der Waals surface area contributed by atoms with E-state index in [0.29, 0.717) is 0 Å². The molecule has 0 amide bonds. The van der Waals surface area contributed by atoms with Gasteiger partial charge in [-0.3, -0.25) is 0 Å². The highest BCUT2D eigenvalue weighted by Crippen LogP contribution is 2.37. The second kappa shape index (κ2) is 7.35. The van der Waals surface area contributed by atoms with Crippen LogP contribution in [-0.2, 0) is 6.42 Å². The number of anilines is 1. The van der Waals surface area contributed by atoms with Crippen molar-refractivity contribution < 1.29 is 9.47 Å². The van der Waals surface area contributed by atoms with Gasteiger partial charge in [0.15, 0.2) is 0 Å². The van der Waals surface area contributed by atoms with Gasteiger partial charge in [-0.1, -0.05) is 12.1 Å². The highest BCUT2D eigenvalue weighted by atomic mass is 16.5. The molecule has 0 atom stereocenters. The van der Waals surface area contributed by atoms with Crippen LogP contribution >= 0.6 is 0 Å². The number of benzene rings is 2. The Balaban J connectivity index is 1.91. The molecule has 0 radical (unpaired) electrons. The van der Waals surface area contributed by atoms with E-state index < -0.39 is 0 Å². The number of rotatable bonds is 4. The van der Waals surface area contributed by atoms with Crippen LogP contribution < -0.4 is 14.8 Å². The van der Waals surface area contributed by atoms with Crippen molar-refractivity contribution in [1.82, 2.24) is 9.78 Å². The van der Waals surface area contributed by atoms with Crippen LogP contribution in [0.15, 0.2) is 42.5 Å². The van der Waals surface area contributed by atoms with Gasteiger partial charge in [0.25, 0.3) is 0 Å². The number of aryl methyl sites for hydroxylation is 1. The molecule has 0 fully saturated rings. The lowest BCUT2D eigenvalue weighted by Crippen LogP contribution is -2.07. The maximum atomic E-state index is 5.46. The molecular formula is C22H25N3O2. The van der Waals surface area contributed by atoms with Gasteiger partial charge >= 0.3 is 0 Å². The van der Waals surface area contributed by atoms with E-state index in [9.17, 15) is 0 Å². The van der Waals surface area contributed by atoms with Gasteiger partial charge in [0.2, 0.25) is 0 Å². The molecule has 0 aliphatic carbocycles. The van der Waals surface area contributed by atoms with Crippen LogP contribution in [0.4, 0.5) is 5.82 Å². The number of hydrogen-bond donors (Lipinski definition) is 1. The highest BCUT2D eigenvalue weighted by molar-refractivity contribution is 5.73. The third-order valence-corrected chi connectivity index (χ3v) is 5.00. The minimum atomic E-state index is 0.768. The first-order valence-electron chi connectivity index (χ1n) is 9.36. The predicted molar refractivity (Wildman–Crippen MR) is 108 cm³/mol. The lowest BCUT2D eigenvalue weighted by Gasteiger charge is -2.09. The van der Waals surface area contributed by atoms with Crippen molar-refractivity contribution in [2.24, 2.45) is 0 Å². The van der Waals surface area contributed by atoms with Gasteiger partial charge in [0.05, 0.1) is 25.6 Å². The largest absolute Gasteiger partial charge is 0.497 e. The molecule has 0 bridgehead atoms. The second-order valence-electron chi connectivity index (χ2n) is 6.91. The lowest BCUT2D eigenvalue weighted by molar-refractivity contribution is 0.394. The minimum absolute atomic E-state index is 0.768. The number of ether oxygens (including phenoxy) is 2. The number of methoxy groups -OCH3 is 2. The molecule has 1 N–H and O–H groups in total. The Kier molecular flexibility index (Phi) is 4.75. The van der Waals surface area contributed by atoms with Gasteiger partial charge in [-0.2, -0.15) is 5.10 Å². The van der Waals surface area contributed by atoms with Gasteiger partial charge < -0.3 is 14.8 Å². The molecule has 4 rings (SSSR count). The van der Waals surface area contributed by atoms with Gasteiger partial charge in [-0.15, -0.1) is 0 Å². The Morgan fingerprint density at radius 3 is 2.48 bits per heavy atom. The number of aromatic nitrogens is 2. The maximum Gasteiger partial charge on any atom is 0.133 e. The van der Waals surface area contributed by atoms with Gasteiger partial charge in [-0.05, 0) is 56.0 Å². The van der Waals surface area contributed by atoms with E-state index >= 15 is 0 Å². The van der Waals surface area contributed by atoms with E-state index in [0.717, 1.165) is 60.1 Å². The monoisotopic (exact) mass is 363 g/mol. The molecule has 140 valence electrons. The lowest BCUT2D eigenvalue weighted by atomic mass is 10.0. The van der Waals surface area contributed by atoms with Crippen LogP contribution in [0.2, 0.25) is 0 Å². The summed E-state index contributed by atoms with van der Waals surface area (Å²) in [7, 11) is 3.35. The first kappa shape index (κ1) is 17.5. The van der Waals surface area contributed by atoms with Crippen molar-refractivity contribution in [2.75, 3.05) is 26.1 Å². The Bertz CT molecular complexity index is 940. The van der Waals surface area contributed by atoms with Crippen LogP contribution in [0, 0.1) is 6.92 Å². The number of hydrogen-bond acceptors (Lipinski definition) is 4. The van der Waals surface area contributed by atoms with E-state index in [1.54, 1.807) is 14.2 Å². The molecule has 1 aliphatic heterocycles. The number of nitrogens with zero attached hydrogens (tertiary/aromatic N) is 2. The molecule has 5 heteroatoms. The molecular weight excluding hydrogens is 338 g/mol. The molecule has 1 aliphatic rings. The number of nitrogens with one attached hydrogen (secondary N) is 1. The Morgan fingerprint density at radius 1 is 1.00 bits per heavy atom. The molecule has 5 nitrogen and oxygen atoms in total. The Morgan fingerprint density at radius 2 is 1.78 bits per heavy atom. The van der Waals surface area contributed by atoms with Gasteiger partial charge in [0.1, 0.15) is 17.3 Å². The highest BCUT2D eigenvalue weighted by Gasteiger charge is 2.22. The molecule has 0 saturated carbocycles. The van der Waals surface area contributed by atoms with Crippen molar-refractivity contribution >= 4 is 5.82 Å². The molecule has 2 aromatic carbocycles. The van der Waals surface area contributed by atoms with Crippen LogP contribution in [0.5, 0.6) is 11.5 Å². The van der Waals surface area contributed by atoms with E-state index in [-0.39, 0.29) is 0 Å². The fourth-order valence-corrected chi connectivity index (χ4v) is 3.62. The number of fused-ring (bicyclic) bond motifs is 1. The SMILES string of the molecule is COc1cc(OC)cc(-c2nn(-c3cccc(C)c3)c3c2CCCCN3)c1. The van der Waals surface area contributed by atoms with E-state index in [1.165, 1.54) is 11.1 Å². The fourth-order valence-electron chi connectivity index (χ4n) is 3.62. The summed E-state index contributed by atoms with van der Waals surface area (Å²) in [6.07, 6.45) is 3.31. The van der Waals surface area contributed by atoms with Crippen molar-refractivity contribution in [3.63, 3.8) is 0 Å². The third kappa shape index (κ3) is 3.37. The summed E-state index contributed by atoms with van der Waals surface area (Å²) in [6, 6.07) is 14.4. The molecule has 0 spiro atoms. The summed E-state index contributed by atoms with van der Waals surface area (Å²) in [4.78, 5) is 0. The molecule has 3 aromatic rings. The van der Waals surface area contributed by atoms with Crippen LogP contribution in [0.3, 0.4) is 0 Å². The van der Waals surface area contributed by atoms with Crippen molar-refractivity contribution in [3.05, 3.63) is 53.6 Å². The van der Waals surface area contributed by atoms with Crippen LogP contribution in [0.25, 0.3) is 16.9 Å². The zero-order chi connectivity index (χ0) is 18.8. The smallest absolute Gasteiger partial charge is 0.133 e. The zero-order valence-electron chi connectivity index (χ0n) is 16.1. The van der Waals surface area contributed by atoms with Crippen molar-refractivity contribution in [3.8, 4) is 28.4 Å². The molecule has 0 unspecified atom stereocenters. The molecule has 2 heterocycles. The maximum absolute atomic E-state index is 5.46. The summed E-state index contributed by atoms with van der Waals surface area (Å²) in [5, 5.41) is 8.61. The second-order valence-corrected chi connectivity index (χ2v) is 6.91. The van der Waals surface area contributed by atoms with Crippen LogP contribution in [0.1, 0.15) is 24.0 Å². The average Bonchev–Trinajstić information content (AvgIpc) is 2.88. The van der Waals surface area contributed by atoms with Crippen molar-refractivity contribution in [1.29, 1.82) is 0 Å². The Hall–Kier alpha value is -2.95. The quantitative estimate of drug-likeness (QED) is 0.735. The summed E-state index contributed by atoms with van der Waals surface area (Å²) >= 11 is 0. The topological polar surface area (TPSA) is 48.3 Å². The molecule has 27 heavy (non-hydrogen) atoms. The normalized spacial score (nSPS) is 13.4. The zero-order valence-corrected chi connectivity index (χ0v) is 16.1. The van der Waals surface area contributed by atoms with E-state index in [4.69, 9.17) is 14.6 Å². The predicted octanol–water partition coefficient (Wildman–Crippen LogP) is 4.61. The van der Waals surface area contributed by atoms with Crippen molar-refractivity contribution in [2.45, 2.75) is 26.2 Å². The summed E-state index contributed by atoms with van der Waals surface area (Å²) in [6.45, 7) is 3.07.